The number of piperidine rings is 1. The Morgan fingerprint density at radius 2 is 2.00 bits per heavy atom. The second-order valence-electron chi connectivity index (χ2n) is 6.58. The number of hydrogen-bond acceptors (Lipinski definition) is 2. The zero-order valence-electron chi connectivity index (χ0n) is 13.2. The van der Waals surface area contributed by atoms with Crippen molar-refractivity contribution in [3.8, 4) is 0 Å². The highest BCUT2D eigenvalue weighted by molar-refractivity contribution is 5.64. The summed E-state index contributed by atoms with van der Waals surface area (Å²) in [6, 6.07) is 14.3. The van der Waals surface area contributed by atoms with Gasteiger partial charge in [0.15, 0.2) is 0 Å². The summed E-state index contributed by atoms with van der Waals surface area (Å²) >= 11 is 0. The predicted molar refractivity (Wildman–Crippen MR) is 89.2 cm³/mol. The van der Waals surface area contributed by atoms with Gasteiger partial charge in [0, 0.05) is 31.9 Å². The lowest BCUT2D eigenvalue weighted by atomic mass is 9.84. The summed E-state index contributed by atoms with van der Waals surface area (Å²) in [7, 11) is 2.00. The molecule has 3 heterocycles. The molecule has 1 aromatic carbocycles. The van der Waals surface area contributed by atoms with Gasteiger partial charge < -0.3 is 0 Å². The molecule has 0 amide bonds. The molecule has 2 aliphatic heterocycles. The molecule has 3 heteroatoms. The average molecular weight is 293 g/mol. The first kappa shape index (κ1) is 13.8. The van der Waals surface area contributed by atoms with Gasteiger partial charge >= 0.3 is 0 Å². The quantitative estimate of drug-likeness (QED) is 0.861. The fourth-order valence-electron chi connectivity index (χ4n) is 3.93. The normalized spacial score (nSPS) is 25.0. The Morgan fingerprint density at radius 3 is 2.73 bits per heavy atom. The smallest absolute Gasteiger partial charge is 0.0880 e. The van der Waals surface area contributed by atoms with Gasteiger partial charge in [-0.3, -0.25) is 9.58 Å². The summed E-state index contributed by atoms with van der Waals surface area (Å²) in [6.45, 7) is 1.07. The Morgan fingerprint density at radius 1 is 1.14 bits per heavy atom. The molecule has 4 rings (SSSR count). The van der Waals surface area contributed by atoms with E-state index in [2.05, 4.69) is 52.5 Å². The molecular formula is C19H23N3. The number of hydrogen-bond donors (Lipinski definition) is 0. The highest BCUT2D eigenvalue weighted by atomic mass is 15.3. The highest BCUT2D eigenvalue weighted by Gasteiger charge is 2.34. The molecule has 2 bridgehead atoms. The third kappa shape index (κ3) is 2.61. The van der Waals surface area contributed by atoms with Crippen LogP contribution in [-0.4, -0.2) is 26.8 Å². The van der Waals surface area contributed by atoms with Crippen molar-refractivity contribution >= 4 is 5.57 Å². The molecule has 0 N–H and O–H groups in total. The first-order valence-electron chi connectivity index (χ1n) is 8.30. The molecule has 0 spiro atoms. The minimum absolute atomic E-state index is 0.574. The Hall–Kier alpha value is -1.87. The summed E-state index contributed by atoms with van der Waals surface area (Å²) in [5, 5.41) is 4.60. The van der Waals surface area contributed by atoms with Crippen molar-refractivity contribution in [2.75, 3.05) is 0 Å². The molecule has 2 aromatic rings. The first-order chi connectivity index (χ1) is 10.8. The molecule has 114 valence electrons. The Bertz CT molecular complexity index is 671. The van der Waals surface area contributed by atoms with Crippen LogP contribution in [0.4, 0.5) is 0 Å². The van der Waals surface area contributed by atoms with Crippen molar-refractivity contribution in [3.05, 3.63) is 59.9 Å². The Labute approximate surface area is 132 Å². The topological polar surface area (TPSA) is 21.1 Å². The third-order valence-corrected chi connectivity index (χ3v) is 5.03. The minimum atomic E-state index is 0.574. The maximum atomic E-state index is 4.60. The Kier molecular flexibility index (Phi) is 3.59. The zero-order valence-corrected chi connectivity index (χ0v) is 13.2. The van der Waals surface area contributed by atoms with Crippen LogP contribution in [0.25, 0.3) is 5.57 Å². The van der Waals surface area contributed by atoms with E-state index in [1.807, 2.05) is 17.9 Å². The van der Waals surface area contributed by atoms with E-state index in [9.17, 15) is 0 Å². The van der Waals surface area contributed by atoms with E-state index in [0.717, 1.165) is 13.0 Å². The molecule has 1 aromatic heterocycles. The minimum Gasteiger partial charge on any atom is -0.289 e. The zero-order chi connectivity index (χ0) is 14.9. The van der Waals surface area contributed by atoms with E-state index in [-0.39, 0.29) is 0 Å². The molecule has 1 fully saturated rings. The van der Waals surface area contributed by atoms with Gasteiger partial charge in [-0.15, -0.1) is 0 Å². The van der Waals surface area contributed by atoms with Gasteiger partial charge in [0.05, 0.1) is 5.69 Å². The molecule has 3 nitrogen and oxygen atoms in total. The lowest BCUT2D eigenvalue weighted by Gasteiger charge is -2.45. The summed E-state index contributed by atoms with van der Waals surface area (Å²) in [6.07, 6.45) is 9.60. The fraction of sp³-hybridized carbons (Fsp3) is 0.421. The van der Waals surface area contributed by atoms with Crippen molar-refractivity contribution in [2.24, 2.45) is 7.05 Å². The van der Waals surface area contributed by atoms with E-state index < -0.39 is 0 Å². The van der Waals surface area contributed by atoms with Crippen LogP contribution in [0, 0.1) is 0 Å². The molecule has 2 unspecified atom stereocenters. The van der Waals surface area contributed by atoms with Crippen LogP contribution in [0.15, 0.2) is 48.7 Å². The maximum Gasteiger partial charge on any atom is 0.0880 e. The molecule has 1 saturated heterocycles. The lowest BCUT2D eigenvalue weighted by Crippen LogP contribution is -2.47. The summed E-state index contributed by atoms with van der Waals surface area (Å²) in [5.74, 6) is 0. The van der Waals surface area contributed by atoms with Crippen molar-refractivity contribution in [3.63, 3.8) is 0 Å². The van der Waals surface area contributed by atoms with Crippen LogP contribution >= 0.6 is 0 Å². The number of aromatic nitrogens is 2. The van der Waals surface area contributed by atoms with Crippen molar-refractivity contribution in [2.45, 2.75) is 44.3 Å². The van der Waals surface area contributed by atoms with Crippen LogP contribution < -0.4 is 0 Å². The predicted octanol–water partition coefficient (Wildman–Crippen LogP) is 3.63. The maximum absolute atomic E-state index is 4.60. The Balaban J connectivity index is 1.59. The molecule has 2 atom stereocenters. The van der Waals surface area contributed by atoms with Crippen LogP contribution in [0.5, 0.6) is 0 Å². The summed E-state index contributed by atoms with van der Waals surface area (Å²) in [4.78, 5) is 2.70. The first-order valence-corrected chi connectivity index (χ1v) is 8.30. The van der Waals surface area contributed by atoms with E-state index in [1.54, 1.807) is 0 Å². The van der Waals surface area contributed by atoms with Gasteiger partial charge in [-0.25, -0.2) is 0 Å². The van der Waals surface area contributed by atoms with Gasteiger partial charge in [0.25, 0.3) is 0 Å². The highest BCUT2D eigenvalue weighted by Crippen LogP contribution is 2.37. The van der Waals surface area contributed by atoms with E-state index in [1.165, 1.54) is 36.1 Å². The second kappa shape index (κ2) is 5.73. The van der Waals surface area contributed by atoms with Crippen LogP contribution in [0.2, 0.25) is 0 Å². The monoisotopic (exact) mass is 293 g/mol. The number of benzene rings is 1. The number of rotatable bonds is 3. The van der Waals surface area contributed by atoms with Gasteiger partial charge in [-0.1, -0.05) is 42.8 Å². The molecule has 0 saturated carbocycles. The van der Waals surface area contributed by atoms with Crippen molar-refractivity contribution in [1.82, 2.24) is 14.7 Å². The largest absolute Gasteiger partial charge is 0.289 e. The lowest BCUT2D eigenvalue weighted by molar-refractivity contribution is 0.0950. The molecular weight excluding hydrogens is 270 g/mol. The van der Waals surface area contributed by atoms with Crippen molar-refractivity contribution in [1.29, 1.82) is 0 Å². The van der Waals surface area contributed by atoms with E-state index >= 15 is 0 Å². The third-order valence-electron chi connectivity index (χ3n) is 5.03. The number of aryl methyl sites for hydroxylation is 1. The van der Waals surface area contributed by atoms with Crippen LogP contribution in [0.1, 0.15) is 36.9 Å². The second-order valence-corrected chi connectivity index (χ2v) is 6.58. The molecule has 0 radical (unpaired) electrons. The van der Waals surface area contributed by atoms with Crippen LogP contribution in [-0.2, 0) is 13.6 Å². The average Bonchev–Trinajstić information content (AvgIpc) is 2.94. The van der Waals surface area contributed by atoms with Gasteiger partial charge in [0.2, 0.25) is 0 Å². The SMILES string of the molecule is Cn1ccc(C2=CC3CCCC(C2)N3Cc2ccccc2)n1. The van der Waals surface area contributed by atoms with Crippen LogP contribution in [0.3, 0.4) is 0 Å². The fourth-order valence-corrected chi connectivity index (χ4v) is 3.93. The van der Waals surface area contributed by atoms with Gasteiger partial charge in [-0.05, 0) is 36.5 Å². The molecule has 22 heavy (non-hydrogen) atoms. The number of fused-ring (bicyclic) bond motifs is 2. The van der Waals surface area contributed by atoms with Gasteiger partial charge in [0.1, 0.15) is 0 Å². The summed E-state index contributed by atoms with van der Waals surface area (Å²) in [5.41, 5.74) is 4.03. The standard InChI is InChI=1S/C19H23N3/c1-21-11-10-19(20-21)16-12-17-8-5-9-18(13-16)22(17)14-15-6-3-2-4-7-15/h2-4,6-7,10-12,17-18H,5,8-9,13-14H2,1H3. The summed E-state index contributed by atoms with van der Waals surface area (Å²) < 4.78 is 1.91. The van der Waals surface area contributed by atoms with Crippen molar-refractivity contribution < 1.29 is 0 Å². The number of nitrogens with zero attached hydrogens (tertiary/aromatic N) is 3. The van der Waals surface area contributed by atoms with Gasteiger partial charge in [-0.2, -0.15) is 5.10 Å². The van der Waals surface area contributed by atoms with E-state index in [0.29, 0.717) is 12.1 Å². The van der Waals surface area contributed by atoms with E-state index in [4.69, 9.17) is 0 Å². The molecule has 0 aliphatic carbocycles. The molecule has 2 aliphatic rings.